The normalized spacial score (nSPS) is 17.5. The van der Waals surface area contributed by atoms with Crippen molar-refractivity contribution in [2.24, 2.45) is 0 Å². The Morgan fingerprint density at radius 3 is 2.78 bits per heavy atom. The molecule has 1 aliphatic heterocycles. The Balaban J connectivity index is 1.82. The van der Waals surface area contributed by atoms with Crippen LogP contribution >= 0.6 is 11.3 Å². The van der Waals surface area contributed by atoms with Crippen LogP contribution in [0.4, 0.5) is 10.8 Å². The van der Waals surface area contributed by atoms with Gasteiger partial charge in [0.05, 0.1) is 10.2 Å². The van der Waals surface area contributed by atoms with Gasteiger partial charge >= 0.3 is 0 Å². The second-order valence-electron chi connectivity index (χ2n) is 4.64. The number of aromatic nitrogens is 1. The molecule has 2 heterocycles. The number of rotatable bonds is 2. The first kappa shape index (κ1) is 11.7. The number of nitrogen functional groups attached to an aromatic ring is 1. The van der Waals surface area contributed by atoms with E-state index in [0.717, 1.165) is 49.1 Å². The van der Waals surface area contributed by atoms with Crippen LogP contribution in [0.3, 0.4) is 0 Å². The molecule has 0 spiro atoms. The van der Waals surface area contributed by atoms with Crippen LogP contribution in [0, 0.1) is 0 Å². The van der Waals surface area contributed by atoms with E-state index in [-0.39, 0.29) is 0 Å². The lowest BCUT2D eigenvalue weighted by atomic mass is 10.3. The maximum absolute atomic E-state index is 5.81. The monoisotopic (exact) mass is 262 g/mol. The van der Waals surface area contributed by atoms with E-state index < -0.39 is 0 Å². The Morgan fingerprint density at radius 2 is 2.06 bits per heavy atom. The molecule has 4 nitrogen and oxygen atoms in total. The Hall–Kier alpha value is -1.33. The fraction of sp³-hybridized carbons (Fsp3) is 0.462. The first-order valence-electron chi connectivity index (χ1n) is 6.39. The second kappa shape index (κ2) is 4.74. The maximum atomic E-state index is 5.81. The van der Waals surface area contributed by atoms with Crippen LogP contribution < -0.4 is 10.6 Å². The van der Waals surface area contributed by atoms with Crippen LogP contribution in [0.1, 0.15) is 6.92 Å². The van der Waals surface area contributed by atoms with E-state index in [1.807, 2.05) is 18.2 Å². The quantitative estimate of drug-likeness (QED) is 0.841. The molecule has 0 radical (unpaired) electrons. The summed E-state index contributed by atoms with van der Waals surface area (Å²) in [6.45, 7) is 7.77. The minimum atomic E-state index is 0.813. The molecule has 18 heavy (non-hydrogen) atoms. The predicted molar refractivity (Wildman–Crippen MR) is 78.4 cm³/mol. The molecule has 0 bridgehead atoms. The van der Waals surface area contributed by atoms with Crippen molar-refractivity contribution in [2.45, 2.75) is 6.92 Å². The third-order valence-corrected chi connectivity index (χ3v) is 4.57. The summed E-state index contributed by atoms with van der Waals surface area (Å²) in [7, 11) is 0. The summed E-state index contributed by atoms with van der Waals surface area (Å²) in [5, 5.41) is 1.13. The third kappa shape index (κ3) is 2.15. The molecule has 2 aromatic rings. The molecule has 0 unspecified atom stereocenters. The van der Waals surface area contributed by atoms with Crippen molar-refractivity contribution >= 4 is 32.4 Å². The first-order valence-corrected chi connectivity index (χ1v) is 7.21. The van der Waals surface area contributed by atoms with E-state index in [1.54, 1.807) is 11.3 Å². The minimum Gasteiger partial charge on any atom is -0.399 e. The molecule has 1 saturated heterocycles. The minimum absolute atomic E-state index is 0.813. The zero-order valence-electron chi connectivity index (χ0n) is 10.6. The number of likely N-dealkylation sites (N-methyl/N-ethyl adjacent to an activating group) is 1. The van der Waals surface area contributed by atoms with Gasteiger partial charge in [-0.1, -0.05) is 18.3 Å². The van der Waals surface area contributed by atoms with E-state index in [4.69, 9.17) is 10.7 Å². The number of fused-ring (bicyclic) bond motifs is 1. The lowest BCUT2D eigenvalue weighted by molar-refractivity contribution is 0.271. The zero-order valence-corrected chi connectivity index (χ0v) is 11.4. The highest BCUT2D eigenvalue weighted by molar-refractivity contribution is 7.22. The molecule has 1 aromatic carbocycles. The van der Waals surface area contributed by atoms with E-state index in [9.17, 15) is 0 Å². The van der Waals surface area contributed by atoms with Crippen molar-refractivity contribution in [3.05, 3.63) is 18.2 Å². The Bertz CT molecular complexity index is 543. The van der Waals surface area contributed by atoms with E-state index in [1.165, 1.54) is 4.70 Å². The molecule has 0 atom stereocenters. The Morgan fingerprint density at radius 1 is 1.28 bits per heavy atom. The van der Waals surface area contributed by atoms with Gasteiger partial charge in [0, 0.05) is 31.9 Å². The Kier molecular flexibility index (Phi) is 3.09. The van der Waals surface area contributed by atoms with Crippen LogP contribution in [0.5, 0.6) is 0 Å². The molecular formula is C13H18N4S. The van der Waals surface area contributed by atoms with E-state index >= 15 is 0 Å². The fourth-order valence-electron chi connectivity index (χ4n) is 2.32. The average molecular weight is 262 g/mol. The van der Waals surface area contributed by atoms with Gasteiger partial charge in [-0.25, -0.2) is 4.98 Å². The average Bonchev–Trinajstić information content (AvgIpc) is 2.81. The smallest absolute Gasteiger partial charge is 0.186 e. The number of anilines is 2. The van der Waals surface area contributed by atoms with E-state index in [2.05, 4.69) is 16.7 Å². The molecule has 0 aliphatic carbocycles. The zero-order chi connectivity index (χ0) is 12.5. The van der Waals surface area contributed by atoms with Crippen molar-refractivity contribution in [1.82, 2.24) is 9.88 Å². The van der Waals surface area contributed by atoms with Gasteiger partial charge in [0.25, 0.3) is 0 Å². The highest BCUT2D eigenvalue weighted by atomic mass is 32.1. The fourth-order valence-corrected chi connectivity index (χ4v) is 3.39. The third-order valence-electron chi connectivity index (χ3n) is 3.49. The molecule has 2 N–H and O–H groups in total. The summed E-state index contributed by atoms with van der Waals surface area (Å²) in [4.78, 5) is 9.55. The first-order chi connectivity index (χ1) is 8.76. The standard InChI is InChI=1S/C13H18N4S/c1-2-16-5-7-17(8-6-16)13-15-11-4-3-10(14)9-12(11)18-13/h3-4,9H,2,5-8,14H2,1H3. The van der Waals surface area contributed by atoms with Gasteiger partial charge in [0.1, 0.15) is 0 Å². The topological polar surface area (TPSA) is 45.4 Å². The highest BCUT2D eigenvalue weighted by Crippen LogP contribution is 2.30. The molecule has 3 rings (SSSR count). The van der Waals surface area contributed by atoms with Gasteiger partial charge in [-0.15, -0.1) is 0 Å². The van der Waals surface area contributed by atoms with Crippen molar-refractivity contribution in [1.29, 1.82) is 0 Å². The summed E-state index contributed by atoms with van der Waals surface area (Å²) < 4.78 is 1.18. The number of nitrogens with two attached hydrogens (primary N) is 1. The highest BCUT2D eigenvalue weighted by Gasteiger charge is 2.18. The molecule has 1 fully saturated rings. The van der Waals surface area contributed by atoms with Crippen LogP contribution in [0.15, 0.2) is 18.2 Å². The number of piperazine rings is 1. The number of benzene rings is 1. The SMILES string of the molecule is CCN1CCN(c2nc3ccc(N)cc3s2)CC1. The number of hydrogen-bond donors (Lipinski definition) is 1. The van der Waals surface area contributed by atoms with Crippen LogP contribution in [-0.2, 0) is 0 Å². The van der Waals surface area contributed by atoms with Gasteiger partial charge in [0.2, 0.25) is 0 Å². The molecule has 0 saturated carbocycles. The lowest BCUT2D eigenvalue weighted by Gasteiger charge is -2.33. The summed E-state index contributed by atoms with van der Waals surface area (Å²) >= 11 is 1.74. The number of thiazole rings is 1. The van der Waals surface area contributed by atoms with Crippen LogP contribution in [0.2, 0.25) is 0 Å². The Labute approximate surface area is 111 Å². The van der Waals surface area contributed by atoms with Crippen molar-refractivity contribution in [2.75, 3.05) is 43.4 Å². The molecule has 0 amide bonds. The van der Waals surface area contributed by atoms with Gasteiger partial charge in [0.15, 0.2) is 5.13 Å². The summed E-state index contributed by atoms with van der Waals surface area (Å²) in [5.74, 6) is 0. The molecule has 5 heteroatoms. The number of nitrogens with zero attached hydrogens (tertiary/aromatic N) is 3. The molecule has 96 valence electrons. The predicted octanol–water partition coefficient (Wildman–Crippen LogP) is 2.02. The van der Waals surface area contributed by atoms with E-state index in [0.29, 0.717) is 0 Å². The maximum Gasteiger partial charge on any atom is 0.186 e. The van der Waals surface area contributed by atoms with Crippen molar-refractivity contribution in [3.63, 3.8) is 0 Å². The van der Waals surface area contributed by atoms with Gasteiger partial charge in [-0.3, -0.25) is 0 Å². The molecule has 1 aromatic heterocycles. The van der Waals surface area contributed by atoms with Crippen LogP contribution in [0.25, 0.3) is 10.2 Å². The second-order valence-corrected chi connectivity index (χ2v) is 5.65. The largest absolute Gasteiger partial charge is 0.399 e. The number of hydrogen-bond acceptors (Lipinski definition) is 5. The molecular weight excluding hydrogens is 244 g/mol. The summed E-state index contributed by atoms with van der Waals surface area (Å²) in [5.41, 5.74) is 7.68. The summed E-state index contributed by atoms with van der Waals surface area (Å²) in [6.07, 6.45) is 0. The summed E-state index contributed by atoms with van der Waals surface area (Å²) in [6, 6.07) is 5.94. The van der Waals surface area contributed by atoms with Gasteiger partial charge < -0.3 is 15.5 Å². The van der Waals surface area contributed by atoms with Crippen molar-refractivity contribution < 1.29 is 0 Å². The lowest BCUT2D eigenvalue weighted by Crippen LogP contribution is -2.46. The molecule has 1 aliphatic rings. The van der Waals surface area contributed by atoms with Crippen molar-refractivity contribution in [3.8, 4) is 0 Å². The van der Waals surface area contributed by atoms with Gasteiger partial charge in [-0.05, 0) is 24.7 Å². The van der Waals surface area contributed by atoms with Gasteiger partial charge in [-0.2, -0.15) is 0 Å². The van der Waals surface area contributed by atoms with Crippen LogP contribution in [-0.4, -0.2) is 42.6 Å².